The summed E-state index contributed by atoms with van der Waals surface area (Å²) >= 11 is 1.44. The van der Waals surface area contributed by atoms with E-state index in [9.17, 15) is 18.7 Å². The summed E-state index contributed by atoms with van der Waals surface area (Å²) in [6.07, 6.45) is 10.1. The second-order valence-electron chi connectivity index (χ2n) is 11.7. The van der Waals surface area contributed by atoms with E-state index >= 15 is 0 Å². The molecule has 41 heavy (non-hydrogen) atoms. The molecule has 4 aromatic rings. The van der Waals surface area contributed by atoms with Crippen LogP contribution in [0.2, 0.25) is 0 Å². The fraction of sp³-hybridized carbons (Fsp3) is 0.444. The normalized spacial score (nSPS) is 19.5. The molecule has 0 bridgehead atoms. The number of nitrogens with one attached hydrogen (secondary N) is 2. The van der Waals surface area contributed by atoms with E-state index in [4.69, 9.17) is 0 Å². The largest absolute Gasteiger partial charge is 0.324 e. The molecule has 0 radical (unpaired) electrons. The van der Waals surface area contributed by atoms with Crippen LogP contribution in [0.5, 0.6) is 0 Å². The van der Waals surface area contributed by atoms with Gasteiger partial charge in [0.05, 0.1) is 58.7 Å². The standard InChI is InChI=1S/C27H34N8O4S2/c1-17-22(8-19(10-28-17)31-24(36)14-33-15-27(2,3)16-33)32-25(37)21-11-30-35-13-23(40-26(21)35)18-9-29-34(12-18)20-4-6-41(38,39)7-5-20/h8-13,20,38-39H,4-7,14-16H2,1-3H3,(H,31,36)(H,32,37). The minimum atomic E-state index is -2.44. The van der Waals surface area contributed by atoms with Crippen molar-refractivity contribution < 1.29 is 18.7 Å². The van der Waals surface area contributed by atoms with Gasteiger partial charge in [-0.25, -0.2) is 4.52 Å². The van der Waals surface area contributed by atoms with Crippen molar-refractivity contribution in [3.63, 3.8) is 0 Å². The predicted molar refractivity (Wildman–Crippen MR) is 161 cm³/mol. The average Bonchev–Trinajstić information content (AvgIpc) is 3.61. The molecule has 0 atom stereocenters. The number of rotatable bonds is 7. The van der Waals surface area contributed by atoms with Crippen molar-refractivity contribution in [3.05, 3.63) is 48.3 Å². The minimum Gasteiger partial charge on any atom is -0.324 e. The summed E-state index contributed by atoms with van der Waals surface area (Å²) in [5, 5.41) is 14.7. The van der Waals surface area contributed by atoms with Crippen molar-refractivity contribution >= 4 is 49.9 Å². The summed E-state index contributed by atoms with van der Waals surface area (Å²) in [6, 6.07) is 1.85. The van der Waals surface area contributed by atoms with E-state index in [0.29, 0.717) is 58.4 Å². The molecule has 4 aromatic heterocycles. The first-order valence-corrected chi connectivity index (χ1v) is 16.2. The molecule has 14 heteroatoms. The number of nitrogens with zero attached hydrogens (tertiary/aromatic N) is 6. The Hall–Kier alpha value is -3.30. The van der Waals surface area contributed by atoms with Crippen molar-refractivity contribution in [2.24, 2.45) is 5.41 Å². The van der Waals surface area contributed by atoms with E-state index in [0.717, 1.165) is 23.5 Å². The molecular weight excluding hydrogens is 564 g/mol. The highest BCUT2D eigenvalue weighted by atomic mass is 32.3. The first-order chi connectivity index (χ1) is 19.4. The van der Waals surface area contributed by atoms with Crippen LogP contribution in [0.3, 0.4) is 0 Å². The molecule has 0 unspecified atom stereocenters. The molecule has 0 spiro atoms. The number of thiazole rings is 1. The zero-order valence-corrected chi connectivity index (χ0v) is 24.8. The lowest BCUT2D eigenvalue weighted by molar-refractivity contribution is -0.120. The fourth-order valence-corrected chi connectivity index (χ4v) is 8.03. The van der Waals surface area contributed by atoms with Gasteiger partial charge < -0.3 is 10.6 Å². The number of hydrogen-bond acceptors (Lipinski definition) is 9. The van der Waals surface area contributed by atoms with E-state index < -0.39 is 10.6 Å². The Morgan fingerprint density at radius 3 is 2.59 bits per heavy atom. The number of hydrogen-bond donors (Lipinski definition) is 4. The lowest BCUT2D eigenvalue weighted by Crippen LogP contribution is -2.54. The first-order valence-electron chi connectivity index (χ1n) is 13.5. The van der Waals surface area contributed by atoms with Gasteiger partial charge in [-0.15, -0.1) is 11.3 Å². The molecular formula is C27H34N8O4S2. The second-order valence-corrected chi connectivity index (χ2v) is 15.2. The summed E-state index contributed by atoms with van der Waals surface area (Å²) in [4.78, 5) is 33.9. The Morgan fingerprint density at radius 1 is 1.10 bits per heavy atom. The zero-order chi connectivity index (χ0) is 28.9. The first kappa shape index (κ1) is 27.8. The Labute approximate surface area is 243 Å². The third-order valence-corrected chi connectivity index (χ3v) is 10.5. The third kappa shape index (κ3) is 6.02. The molecule has 2 aliphatic rings. The van der Waals surface area contributed by atoms with Crippen molar-refractivity contribution in [3.8, 4) is 10.4 Å². The predicted octanol–water partition coefficient (Wildman–Crippen LogP) is 4.58. The lowest BCUT2D eigenvalue weighted by Gasteiger charge is -2.45. The molecule has 2 saturated heterocycles. The van der Waals surface area contributed by atoms with Crippen molar-refractivity contribution in [2.75, 3.05) is 41.8 Å². The molecule has 0 aromatic carbocycles. The maximum atomic E-state index is 13.3. The van der Waals surface area contributed by atoms with Crippen LogP contribution in [0, 0.1) is 12.3 Å². The summed E-state index contributed by atoms with van der Waals surface area (Å²) in [7, 11) is -2.44. The summed E-state index contributed by atoms with van der Waals surface area (Å²) < 4.78 is 23.4. The van der Waals surface area contributed by atoms with Crippen LogP contribution < -0.4 is 10.6 Å². The van der Waals surface area contributed by atoms with Crippen LogP contribution in [-0.2, 0) is 4.79 Å². The van der Waals surface area contributed by atoms with E-state index in [2.05, 4.69) is 44.6 Å². The van der Waals surface area contributed by atoms with Crippen LogP contribution in [0.15, 0.2) is 37.1 Å². The van der Waals surface area contributed by atoms with Crippen LogP contribution in [0.4, 0.5) is 11.4 Å². The number of fused-ring (bicyclic) bond motifs is 1. The average molecular weight is 599 g/mol. The third-order valence-electron chi connectivity index (χ3n) is 7.55. The van der Waals surface area contributed by atoms with E-state index in [1.54, 1.807) is 29.9 Å². The summed E-state index contributed by atoms with van der Waals surface area (Å²) in [6.45, 7) is 8.25. The molecule has 2 aliphatic heterocycles. The van der Waals surface area contributed by atoms with Crippen molar-refractivity contribution in [1.82, 2.24) is 29.3 Å². The number of likely N-dealkylation sites (tertiary alicyclic amines) is 1. The molecule has 2 fully saturated rings. The number of carbonyl (C=O) groups excluding carboxylic acids is 2. The molecule has 0 aliphatic carbocycles. The fourth-order valence-electron chi connectivity index (χ4n) is 5.50. The van der Waals surface area contributed by atoms with Gasteiger partial charge in [0, 0.05) is 42.6 Å². The van der Waals surface area contributed by atoms with E-state index in [1.165, 1.54) is 17.5 Å². The van der Waals surface area contributed by atoms with Crippen LogP contribution in [0.1, 0.15) is 48.8 Å². The zero-order valence-electron chi connectivity index (χ0n) is 23.2. The Morgan fingerprint density at radius 2 is 1.85 bits per heavy atom. The second kappa shape index (κ2) is 10.5. The van der Waals surface area contributed by atoms with Gasteiger partial charge in [-0.3, -0.25) is 33.3 Å². The minimum absolute atomic E-state index is 0.115. The van der Waals surface area contributed by atoms with E-state index in [1.807, 2.05) is 17.1 Å². The van der Waals surface area contributed by atoms with Crippen molar-refractivity contribution in [1.29, 1.82) is 0 Å². The summed E-state index contributed by atoms with van der Waals surface area (Å²) in [5.74, 6) is 0.371. The van der Waals surface area contributed by atoms with Crippen LogP contribution in [-0.4, -0.2) is 81.3 Å². The maximum Gasteiger partial charge on any atom is 0.260 e. The number of pyridine rings is 1. The molecule has 12 nitrogen and oxygen atoms in total. The maximum absolute atomic E-state index is 13.3. The Bertz CT molecular complexity index is 1610. The van der Waals surface area contributed by atoms with Gasteiger partial charge in [-0.2, -0.15) is 20.8 Å². The number of aryl methyl sites for hydroxylation is 1. The van der Waals surface area contributed by atoms with Gasteiger partial charge >= 0.3 is 0 Å². The topological polar surface area (TPSA) is 150 Å². The van der Waals surface area contributed by atoms with Crippen molar-refractivity contribution in [2.45, 2.75) is 39.7 Å². The molecule has 6 heterocycles. The van der Waals surface area contributed by atoms with Gasteiger partial charge in [0.1, 0.15) is 4.83 Å². The number of amides is 2. The van der Waals surface area contributed by atoms with Gasteiger partial charge in [-0.1, -0.05) is 13.8 Å². The molecule has 6 rings (SSSR count). The van der Waals surface area contributed by atoms with Gasteiger partial charge in [0.25, 0.3) is 5.91 Å². The highest BCUT2D eigenvalue weighted by Crippen LogP contribution is 2.47. The highest BCUT2D eigenvalue weighted by molar-refractivity contribution is 8.24. The van der Waals surface area contributed by atoms with E-state index in [-0.39, 0.29) is 23.3 Å². The molecule has 4 N–H and O–H groups in total. The molecule has 2 amide bonds. The number of carbonyl (C=O) groups is 2. The van der Waals surface area contributed by atoms with Crippen LogP contribution in [0.25, 0.3) is 15.3 Å². The number of aromatic nitrogens is 5. The highest BCUT2D eigenvalue weighted by Gasteiger charge is 2.34. The van der Waals surface area contributed by atoms with Gasteiger partial charge in [0.15, 0.2) is 0 Å². The van der Waals surface area contributed by atoms with Gasteiger partial charge in [0.2, 0.25) is 5.91 Å². The lowest BCUT2D eigenvalue weighted by atomic mass is 9.84. The summed E-state index contributed by atoms with van der Waals surface area (Å²) in [5.41, 5.74) is 3.26. The SMILES string of the molecule is Cc1ncc(NC(=O)CN2CC(C)(C)C2)cc1NC(=O)c1cnn2cc(-c3cnn(C4CCS(O)(O)CC4)c3)sc12. The Kier molecular flexibility index (Phi) is 7.14. The number of anilines is 2. The monoisotopic (exact) mass is 598 g/mol. The molecule has 218 valence electrons. The smallest absolute Gasteiger partial charge is 0.260 e. The quantitative estimate of drug-likeness (QED) is 0.241. The van der Waals surface area contributed by atoms with Crippen LogP contribution >= 0.6 is 21.9 Å². The Balaban J connectivity index is 1.13. The van der Waals surface area contributed by atoms with Gasteiger partial charge in [-0.05, 0) is 31.2 Å². The molecule has 0 saturated carbocycles.